The third-order valence-corrected chi connectivity index (χ3v) is 2.03. The summed E-state index contributed by atoms with van der Waals surface area (Å²) in [6, 6.07) is 8.56. The molecule has 6 heteroatoms. The molecule has 1 heterocycles. The van der Waals surface area contributed by atoms with Crippen molar-refractivity contribution in [3.8, 4) is 0 Å². The number of nitrogens with two attached hydrogens (primary N) is 1. The van der Waals surface area contributed by atoms with Gasteiger partial charge in [0.25, 0.3) is 0 Å². The molecule has 0 saturated heterocycles. The lowest BCUT2D eigenvalue weighted by Crippen LogP contribution is -2.14. The Hall–Kier alpha value is -2.50. The highest BCUT2D eigenvalue weighted by Crippen LogP contribution is 2.07. The van der Waals surface area contributed by atoms with Gasteiger partial charge in [-0.15, -0.1) is 0 Å². The van der Waals surface area contributed by atoms with E-state index in [1.807, 2.05) is 0 Å². The summed E-state index contributed by atoms with van der Waals surface area (Å²) in [4.78, 5) is 26.3. The lowest BCUT2D eigenvalue weighted by molar-refractivity contribution is -0.117. The summed E-state index contributed by atoms with van der Waals surface area (Å²) in [6.07, 6.45) is -0.172. The van der Waals surface area contributed by atoms with Crippen molar-refractivity contribution in [1.29, 1.82) is 0 Å². The van der Waals surface area contributed by atoms with E-state index in [4.69, 9.17) is 10.3 Å². The summed E-state index contributed by atoms with van der Waals surface area (Å²) in [6.45, 7) is 0. The predicted molar refractivity (Wildman–Crippen MR) is 57.1 cm³/mol. The zero-order valence-corrected chi connectivity index (χ0v) is 8.79. The molecule has 0 saturated carbocycles. The van der Waals surface area contributed by atoms with Gasteiger partial charge in [-0.1, -0.05) is 35.5 Å². The Morgan fingerprint density at radius 2 is 1.94 bits per heavy atom. The first-order valence-corrected chi connectivity index (χ1v) is 4.87. The van der Waals surface area contributed by atoms with Gasteiger partial charge in [-0.05, 0) is 0 Å². The second-order valence-corrected chi connectivity index (χ2v) is 3.35. The van der Waals surface area contributed by atoms with E-state index in [1.165, 1.54) is 0 Å². The standard InChI is InChI=1S/C11H9N3O3/c12-8(15)6-9-13-11(14-17-9)10(16)7-4-2-1-3-5-7/h1-5H,6H2,(H2,12,15). The van der Waals surface area contributed by atoms with Crippen molar-refractivity contribution < 1.29 is 14.1 Å². The third-order valence-electron chi connectivity index (χ3n) is 2.03. The van der Waals surface area contributed by atoms with Crippen molar-refractivity contribution in [3.05, 3.63) is 47.6 Å². The molecule has 1 aromatic heterocycles. The first-order valence-electron chi connectivity index (χ1n) is 4.87. The number of benzene rings is 1. The van der Waals surface area contributed by atoms with Crippen LogP contribution in [0.5, 0.6) is 0 Å². The van der Waals surface area contributed by atoms with E-state index in [0.717, 1.165) is 0 Å². The van der Waals surface area contributed by atoms with Crippen LogP contribution in [0, 0.1) is 0 Å². The average Bonchev–Trinajstić information content (AvgIpc) is 2.77. The summed E-state index contributed by atoms with van der Waals surface area (Å²) in [5.41, 5.74) is 5.43. The normalized spacial score (nSPS) is 10.1. The first kappa shape index (κ1) is 11.0. The molecular weight excluding hydrogens is 222 g/mol. The summed E-state index contributed by atoms with van der Waals surface area (Å²) in [5, 5.41) is 3.50. The van der Waals surface area contributed by atoms with E-state index in [9.17, 15) is 9.59 Å². The van der Waals surface area contributed by atoms with Crippen LogP contribution in [-0.2, 0) is 11.2 Å². The SMILES string of the molecule is NC(=O)Cc1nc(C(=O)c2ccccc2)no1. The quantitative estimate of drug-likeness (QED) is 0.764. The topological polar surface area (TPSA) is 99.1 Å². The molecule has 0 aliphatic heterocycles. The summed E-state index contributed by atoms with van der Waals surface area (Å²) < 4.78 is 4.74. The van der Waals surface area contributed by atoms with E-state index in [-0.39, 0.29) is 23.9 Å². The van der Waals surface area contributed by atoms with E-state index < -0.39 is 5.91 Å². The van der Waals surface area contributed by atoms with Crippen LogP contribution in [0.15, 0.2) is 34.9 Å². The van der Waals surface area contributed by atoms with E-state index in [0.29, 0.717) is 5.56 Å². The third kappa shape index (κ3) is 2.54. The molecule has 17 heavy (non-hydrogen) atoms. The van der Waals surface area contributed by atoms with Gasteiger partial charge in [-0.3, -0.25) is 9.59 Å². The predicted octanol–water partition coefficient (Wildman–Crippen LogP) is 0.328. The lowest BCUT2D eigenvalue weighted by Gasteiger charge is -1.93. The van der Waals surface area contributed by atoms with Crippen LogP contribution >= 0.6 is 0 Å². The number of primary amides is 1. The van der Waals surface area contributed by atoms with Crippen LogP contribution in [-0.4, -0.2) is 21.8 Å². The highest BCUT2D eigenvalue weighted by Gasteiger charge is 2.16. The zero-order valence-electron chi connectivity index (χ0n) is 8.79. The summed E-state index contributed by atoms with van der Waals surface area (Å²) in [7, 11) is 0. The molecule has 2 N–H and O–H groups in total. The van der Waals surface area contributed by atoms with Crippen LogP contribution in [0.25, 0.3) is 0 Å². The lowest BCUT2D eigenvalue weighted by atomic mass is 10.1. The molecule has 0 unspecified atom stereocenters. The van der Waals surface area contributed by atoms with Gasteiger partial charge in [0.2, 0.25) is 23.4 Å². The number of nitrogens with zero attached hydrogens (tertiary/aromatic N) is 2. The zero-order chi connectivity index (χ0) is 12.3. The average molecular weight is 231 g/mol. The molecular formula is C11H9N3O3. The fourth-order valence-corrected chi connectivity index (χ4v) is 1.29. The van der Waals surface area contributed by atoms with Gasteiger partial charge in [-0.25, -0.2) is 0 Å². The minimum Gasteiger partial charge on any atom is -0.369 e. The van der Waals surface area contributed by atoms with Gasteiger partial charge in [-0.2, -0.15) is 4.98 Å². The molecule has 0 aliphatic rings. The molecule has 0 atom stereocenters. The molecule has 2 aromatic rings. The smallest absolute Gasteiger partial charge is 0.243 e. The minimum absolute atomic E-state index is 0.0387. The number of ketones is 1. The van der Waals surface area contributed by atoms with Crippen molar-refractivity contribution in [2.75, 3.05) is 0 Å². The van der Waals surface area contributed by atoms with Crippen LogP contribution in [0.4, 0.5) is 0 Å². The molecule has 86 valence electrons. The largest absolute Gasteiger partial charge is 0.369 e. The highest BCUT2D eigenvalue weighted by atomic mass is 16.5. The van der Waals surface area contributed by atoms with Crippen molar-refractivity contribution in [3.63, 3.8) is 0 Å². The molecule has 0 aliphatic carbocycles. The Morgan fingerprint density at radius 3 is 2.59 bits per heavy atom. The molecule has 0 bridgehead atoms. The maximum absolute atomic E-state index is 11.8. The van der Waals surface area contributed by atoms with Crippen molar-refractivity contribution in [2.24, 2.45) is 5.73 Å². The minimum atomic E-state index is -0.590. The van der Waals surface area contributed by atoms with Gasteiger partial charge < -0.3 is 10.3 Å². The number of carbonyl (C=O) groups excluding carboxylic acids is 2. The van der Waals surface area contributed by atoms with E-state index in [2.05, 4.69) is 10.1 Å². The number of hydrogen-bond donors (Lipinski definition) is 1. The number of amides is 1. The second-order valence-electron chi connectivity index (χ2n) is 3.35. The Labute approximate surface area is 96.4 Å². The molecule has 0 radical (unpaired) electrons. The highest BCUT2D eigenvalue weighted by molar-refractivity contribution is 6.06. The van der Waals surface area contributed by atoms with Crippen LogP contribution < -0.4 is 5.73 Å². The van der Waals surface area contributed by atoms with Crippen LogP contribution in [0.2, 0.25) is 0 Å². The van der Waals surface area contributed by atoms with Gasteiger partial charge in [0, 0.05) is 5.56 Å². The fourth-order valence-electron chi connectivity index (χ4n) is 1.29. The maximum atomic E-state index is 11.8. The van der Waals surface area contributed by atoms with E-state index in [1.54, 1.807) is 30.3 Å². The molecule has 1 aromatic carbocycles. The monoisotopic (exact) mass is 231 g/mol. The molecule has 6 nitrogen and oxygen atoms in total. The molecule has 2 rings (SSSR count). The fraction of sp³-hybridized carbons (Fsp3) is 0.0909. The van der Waals surface area contributed by atoms with Crippen LogP contribution in [0.3, 0.4) is 0 Å². The van der Waals surface area contributed by atoms with Gasteiger partial charge >= 0.3 is 0 Å². The Balaban J connectivity index is 2.21. The molecule has 1 amide bonds. The van der Waals surface area contributed by atoms with Gasteiger partial charge in [0.1, 0.15) is 6.42 Å². The van der Waals surface area contributed by atoms with Crippen LogP contribution in [0.1, 0.15) is 22.1 Å². The molecule has 0 fully saturated rings. The summed E-state index contributed by atoms with van der Waals surface area (Å²) in [5.74, 6) is -0.985. The second kappa shape index (κ2) is 4.56. The van der Waals surface area contributed by atoms with Crippen molar-refractivity contribution in [1.82, 2.24) is 10.1 Å². The van der Waals surface area contributed by atoms with Crippen molar-refractivity contribution in [2.45, 2.75) is 6.42 Å². The number of carbonyl (C=O) groups is 2. The first-order chi connectivity index (χ1) is 8.16. The molecule has 0 spiro atoms. The van der Waals surface area contributed by atoms with E-state index >= 15 is 0 Å². The Kier molecular flexibility index (Phi) is 2.95. The van der Waals surface area contributed by atoms with Crippen molar-refractivity contribution >= 4 is 11.7 Å². The van der Waals surface area contributed by atoms with Gasteiger partial charge in [0.05, 0.1) is 0 Å². The summed E-state index contributed by atoms with van der Waals surface area (Å²) >= 11 is 0. The van der Waals surface area contributed by atoms with Gasteiger partial charge in [0.15, 0.2) is 0 Å². The number of hydrogen-bond acceptors (Lipinski definition) is 5. The Morgan fingerprint density at radius 1 is 1.24 bits per heavy atom. The maximum Gasteiger partial charge on any atom is 0.243 e. The number of aromatic nitrogens is 2. The Bertz CT molecular complexity index is 548. The number of rotatable bonds is 4.